The minimum atomic E-state index is -0.625. The number of pyridine rings is 1. The predicted octanol–water partition coefficient (Wildman–Crippen LogP) is 3.36. The van der Waals surface area contributed by atoms with Gasteiger partial charge in [0.25, 0.3) is 5.91 Å². The molecule has 0 spiro atoms. The van der Waals surface area contributed by atoms with Gasteiger partial charge in [0, 0.05) is 32.4 Å². The molecule has 1 aliphatic heterocycles. The third-order valence-corrected chi connectivity index (χ3v) is 6.62. The second-order valence-corrected chi connectivity index (χ2v) is 8.42. The number of nitrogens with zero attached hydrogens (tertiary/aromatic N) is 3. The average Bonchev–Trinajstić information content (AvgIpc) is 3.17. The predicted molar refractivity (Wildman–Crippen MR) is 117 cm³/mol. The molecule has 2 heterocycles. The number of benzene rings is 1. The molecule has 0 bridgehead atoms. The van der Waals surface area contributed by atoms with Crippen LogP contribution in [0.2, 0.25) is 0 Å². The molecule has 1 aliphatic carbocycles. The van der Waals surface area contributed by atoms with Crippen LogP contribution in [0, 0.1) is 17.7 Å². The number of rotatable bonds is 6. The first-order valence-corrected chi connectivity index (χ1v) is 11.1. The molecule has 166 valence electrons. The number of fused-ring (bicyclic) bond motifs is 1. The summed E-state index contributed by atoms with van der Waals surface area (Å²) in [6.45, 7) is 6.59. The second-order valence-electron chi connectivity index (χ2n) is 8.42. The van der Waals surface area contributed by atoms with E-state index in [1.807, 2.05) is 30.9 Å². The molecular formula is C24H30FN3O3. The van der Waals surface area contributed by atoms with Crippen LogP contribution in [0.5, 0.6) is 5.75 Å². The van der Waals surface area contributed by atoms with Crippen LogP contribution in [-0.4, -0.2) is 59.3 Å². The SMILES string of the molecule is CCN(CC)C(=O)c1ccccc1O[C@@H]1C[C@@H]2CN(c3ccncc3F)C[C@@H]2C[C@H]1O. The highest BCUT2D eigenvalue weighted by Gasteiger charge is 2.43. The molecule has 0 unspecified atom stereocenters. The topological polar surface area (TPSA) is 65.9 Å². The van der Waals surface area contributed by atoms with Gasteiger partial charge < -0.3 is 19.6 Å². The van der Waals surface area contributed by atoms with Crippen molar-refractivity contribution in [1.82, 2.24) is 9.88 Å². The molecule has 1 saturated heterocycles. The maximum Gasteiger partial charge on any atom is 0.257 e. The van der Waals surface area contributed by atoms with Crippen molar-refractivity contribution in [3.63, 3.8) is 0 Å². The van der Waals surface area contributed by atoms with Crippen LogP contribution >= 0.6 is 0 Å². The van der Waals surface area contributed by atoms with Crippen molar-refractivity contribution in [2.24, 2.45) is 11.8 Å². The van der Waals surface area contributed by atoms with Crippen LogP contribution in [0.15, 0.2) is 42.7 Å². The summed E-state index contributed by atoms with van der Waals surface area (Å²) in [4.78, 5) is 20.5. The lowest BCUT2D eigenvalue weighted by molar-refractivity contribution is -0.0235. The zero-order valence-corrected chi connectivity index (χ0v) is 18.1. The number of anilines is 1. The summed E-state index contributed by atoms with van der Waals surface area (Å²) in [5.41, 5.74) is 1.08. The first-order valence-electron chi connectivity index (χ1n) is 11.1. The summed E-state index contributed by atoms with van der Waals surface area (Å²) < 4.78 is 20.4. The molecule has 0 radical (unpaired) electrons. The fourth-order valence-corrected chi connectivity index (χ4v) is 4.93. The molecule has 4 rings (SSSR count). The van der Waals surface area contributed by atoms with Crippen molar-refractivity contribution in [2.75, 3.05) is 31.1 Å². The highest BCUT2D eigenvalue weighted by Crippen LogP contribution is 2.40. The molecule has 1 saturated carbocycles. The van der Waals surface area contributed by atoms with E-state index >= 15 is 0 Å². The number of halogens is 1. The quantitative estimate of drug-likeness (QED) is 0.766. The van der Waals surface area contributed by atoms with E-state index in [2.05, 4.69) is 4.98 Å². The molecule has 1 amide bonds. The van der Waals surface area contributed by atoms with Crippen molar-refractivity contribution in [2.45, 2.75) is 38.9 Å². The van der Waals surface area contributed by atoms with Gasteiger partial charge in [0.2, 0.25) is 0 Å². The van der Waals surface area contributed by atoms with Gasteiger partial charge in [-0.25, -0.2) is 4.39 Å². The van der Waals surface area contributed by atoms with Crippen LogP contribution in [0.3, 0.4) is 0 Å². The number of carbonyl (C=O) groups excluding carboxylic acids is 1. The number of aliphatic hydroxyl groups excluding tert-OH is 1. The van der Waals surface area contributed by atoms with E-state index in [1.165, 1.54) is 6.20 Å². The fourth-order valence-electron chi connectivity index (χ4n) is 4.93. The summed E-state index contributed by atoms with van der Waals surface area (Å²) >= 11 is 0. The van der Waals surface area contributed by atoms with Crippen LogP contribution in [-0.2, 0) is 0 Å². The molecule has 2 aromatic rings. The summed E-state index contributed by atoms with van der Waals surface area (Å²) in [7, 11) is 0. The van der Waals surface area contributed by atoms with Crippen LogP contribution in [0.4, 0.5) is 10.1 Å². The van der Waals surface area contributed by atoms with Gasteiger partial charge in [0.1, 0.15) is 11.9 Å². The minimum absolute atomic E-state index is 0.0658. The van der Waals surface area contributed by atoms with Gasteiger partial charge in [-0.05, 0) is 56.7 Å². The van der Waals surface area contributed by atoms with Gasteiger partial charge >= 0.3 is 0 Å². The molecule has 31 heavy (non-hydrogen) atoms. The lowest BCUT2D eigenvalue weighted by Crippen LogP contribution is -2.42. The van der Waals surface area contributed by atoms with Crippen LogP contribution in [0.1, 0.15) is 37.0 Å². The Morgan fingerprint density at radius 2 is 1.90 bits per heavy atom. The van der Waals surface area contributed by atoms with E-state index in [4.69, 9.17) is 4.74 Å². The van der Waals surface area contributed by atoms with Gasteiger partial charge in [-0.3, -0.25) is 9.78 Å². The first kappa shape index (κ1) is 21.6. The molecule has 1 aromatic carbocycles. The molecule has 2 aliphatic rings. The molecule has 4 atom stereocenters. The third kappa shape index (κ3) is 4.37. The lowest BCUT2D eigenvalue weighted by atomic mass is 9.78. The molecule has 2 fully saturated rings. The van der Waals surface area contributed by atoms with E-state index in [0.717, 1.165) is 6.54 Å². The van der Waals surface area contributed by atoms with Gasteiger partial charge in [-0.1, -0.05) is 12.1 Å². The molecule has 6 nitrogen and oxygen atoms in total. The first-order chi connectivity index (χ1) is 15.0. The Balaban J connectivity index is 1.48. The molecule has 1 aromatic heterocycles. The summed E-state index contributed by atoms with van der Waals surface area (Å²) in [5.74, 6) is 0.709. The number of para-hydroxylation sites is 1. The minimum Gasteiger partial charge on any atom is -0.487 e. The highest BCUT2D eigenvalue weighted by atomic mass is 19.1. The number of aromatic nitrogens is 1. The average molecular weight is 428 g/mol. The number of hydrogen-bond donors (Lipinski definition) is 1. The standard InChI is InChI=1S/C24H30FN3O3/c1-3-27(4-2)24(30)18-7-5-6-8-22(18)31-23-12-17-15-28(14-16(17)11-21(23)29)20-9-10-26-13-19(20)25/h5-10,13,16-17,21,23,29H,3-4,11-12,14-15H2,1-2H3/t16-,17+,21+,23+/m0/s1. The Kier molecular flexibility index (Phi) is 6.41. The number of carbonyl (C=O) groups is 1. The van der Waals surface area contributed by atoms with E-state index in [0.29, 0.717) is 55.4 Å². The van der Waals surface area contributed by atoms with Gasteiger partial charge in [0.15, 0.2) is 5.82 Å². The monoisotopic (exact) mass is 427 g/mol. The Bertz CT molecular complexity index is 920. The zero-order chi connectivity index (χ0) is 22.0. The summed E-state index contributed by atoms with van der Waals surface area (Å²) in [5, 5.41) is 10.8. The largest absolute Gasteiger partial charge is 0.487 e. The summed E-state index contributed by atoms with van der Waals surface area (Å²) in [6, 6.07) is 8.94. The Morgan fingerprint density at radius 1 is 1.19 bits per heavy atom. The van der Waals surface area contributed by atoms with Gasteiger partial charge in [0.05, 0.1) is 23.6 Å². The molecular weight excluding hydrogens is 397 g/mol. The Morgan fingerprint density at radius 3 is 2.61 bits per heavy atom. The van der Waals surface area contributed by atoms with E-state index in [-0.39, 0.29) is 17.6 Å². The van der Waals surface area contributed by atoms with Crippen molar-refractivity contribution in [3.8, 4) is 5.75 Å². The van der Waals surface area contributed by atoms with E-state index in [9.17, 15) is 14.3 Å². The lowest BCUT2D eigenvalue weighted by Gasteiger charge is -2.35. The smallest absolute Gasteiger partial charge is 0.257 e. The molecule has 1 N–H and O–H groups in total. The number of ether oxygens (including phenoxy) is 1. The number of aliphatic hydroxyl groups is 1. The number of amides is 1. The summed E-state index contributed by atoms with van der Waals surface area (Å²) in [6.07, 6.45) is 3.09. The maximum absolute atomic E-state index is 14.2. The van der Waals surface area contributed by atoms with Crippen molar-refractivity contribution in [3.05, 3.63) is 54.1 Å². The van der Waals surface area contributed by atoms with Crippen LogP contribution < -0.4 is 9.64 Å². The Hall–Kier alpha value is -2.67. The zero-order valence-electron chi connectivity index (χ0n) is 18.1. The van der Waals surface area contributed by atoms with Crippen molar-refractivity contribution in [1.29, 1.82) is 0 Å². The van der Waals surface area contributed by atoms with Crippen molar-refractivity contribution >= 4 is 11.6 Å². The fraction of sp³-hybridized carbons (Fsp3) is 0.500. The van der Waals surface area contributed by atoms with E-state index < -0.39 is 12.2 Å². The van der Waals surface area contributed by atoms with Gasteiger partial charge in [-0.2, -0.15) is 0 Å². The highest BCUT2D eigenvalue weighted by molar-refractivity contribution is 5.96. The normalized spacial score (nSPS) is 25.2. The molecule has 7 heteroatoms. The second kappa shape index (κ2) is 9.22. The Labute approximate surface area is 182 Å². The van der Waals surface area contributed by atoms with Gasteiger partial charge in [-0.15, -0.1) is 0 Å². The third-order valence-electron chi connectivity index (χ3n) is 6.62. The van der Waals surface area contributed by atoms with E-state index in [1.54, 1.807) is 29.3 Å². The maximum atomic E-state index is 14.2. The van der Waals surface area contributed by atoms with Crippen molar-refractivity contribution < 1.29 is 19.0 Å². The van der Waals surface area contributed by atoms with Crippen LogP contribution in [0.25, 0.3) is 0 Å². The number of hydrogen-bond acceptors (Lipinski definition) is 5.